The molecule has 3 rings (SSSR count). The Morgan fingerprint density at radius 2 is 2.05 bits per heavy atom. The normalized spacial score (nSPS) is 18.2. The van der Waals surface area contributed by atoms with Crippen LogP contribution in [-0.4, -0.2) is 34.1 Å². The molecule has 0 spiro atoms. The van der Waals surface area contributed by atoms with Gasteiger partial charge in [-0.25, -0.2) is 9.37 Å². The van der Waals surface area contributed by atoms with E-state index in [0.29, 0.717) is 5.95 Å². The van der Waals surface area contributed by atoms with E-state index in [0.717, 1.165) is 30.4 Å². The Hall–Kier alpha value is -1.62. The number of hydrogen-bond donors (Lipinski definition) is 1. The quantitative estimate of drug-likeness (QED) is 0.937. The molecular weight excluding hydrogens is 255 g/mol. The van der Waals surface area contributed by atoms with E-state index < -0.39 is 0 Å². The third-order valence-corrected chi connectivity index (χ3v) is 4.68. The number of aromatic nitrogens is 2. The summed E-state index contributed by atoms with van der Waals surface area (Å²) in [5.41, 5.74) is 7.70. The fraction of sp³-hybridized carbons (Fsp3) is 0.533. The molecular formula is C15H21FN4. The number of imidazole rings is 1. The van der Waals surface area contributed by atoms with Crippen LogP contribution in [0, 0.1) is 5.82 Å². The van der Waals surface area contributed by atoms with Crippen LogP contribution in [0.1, 0.15) is 25.7 Å². The van der Waals surface area contributed by atoms with Crippen LogP contribution in [0.5, 0.6) is 0 Å². The van der Waals surface area contributed by atoms with Gasteiger partial charge in [-0.1, -0.05) is 12.8 Å². The van der Waals surface area contributed by atoms with Gasteiger partial charge in [-0.3, -0.25) is 0 Å². The summed E-state index contributed by atoms with van der Waals surface area (Å²) in [6.45, 7) is 0.770. The number of nitrogen functional groups attached to an aromatic ring is 1. The monoisotopic (exact) mass is 276 g/mol. The zero-order valence-electron chi connectivity index (χ0n) is 12.1. The lowest BCUT2D eigenvalue weighted by Gasteiger charge is -2.37. The van der Waals surface area contributed by atoms with Gasteiger partial charge < -0.3 is 15.2 Å². The molecule has 0 amide bonds. The SMILES string of the molecule is CN(C)C1(Cn2c(N)nc3ccc(F)cc32)CCCC1. The van der Waals surface area contributed by atoms with Gasteiger partial charge in [-0.15, -0.1) is 0 Å². The van der Waals surface area contributed by atoms with Crippen LogP contribution in [0.4, 0.5) is 10.3 Å². The highest BCUT2D eigenvalue weighted by Crippen LogP contribution is 2.36. The maximum absolute atomic E-state index is 13.5. The average Bonchev–Trinajstić information content (AvgIpc) is 2.98. The second kappa shape index (κ2) is 4.74. The molecule has 0 saturated heterocycles. The summed E-state index contributed by atoms with van der Waals surface area (Å²) >= 11 is 0. The number of rotatable bonds is 3. The first-order valence-corrected chi connectivity index (χ1v) is 7.11. The topological polar surface area (TPSA) is 47.1 Å². The Labute approximate surface area is 118 Å². The third-order valence-electron chi connectivity index (χ3n) is 4.68. The molecule has 1 aromatic carbocycles. The van der Waals surface area contributed by atoms with Crippen LogP contribution < -0.4 is 5.73 Å². The number of nitrogens with zero attached hydrogens (tertiary/aromatic N) is 3. The number of fused-ring (bicyclic) bond motifs is 1. The summed E-state index contributed by atoms with van der Waals surface area (Å²) in [6.07, 6.45) is 4.76. The first kappa shape index (κ1) is 13.4. The van der Waals surface area contributed by atoms with Crippen LogP contribution >= 0.6 is 0 Å². The minimum Gasteiger partial charge on any atom is -0.369 e. The van der Waals surface area contributed by atoms with E-state index in [4.69, 9.17) is 5.73 Å². The van der Waals surface area contributed by atoms with Gasteiger partial charge in [0.25, 0.3) is 0 Å². The molecule has 0 atom stereocenters. The van der Waals surface area contributed by atoms with Crippen molar-refractivity contribution in [3.63, 3.8) is 0 Å². The van der Waals surface area contributed by atoms with Crippen molar-refractivity contribution in [2.24, 2.45) is 0 Å². The fourth-order valence-electron chi connectivity index (χ4n) is 3.35. The standard InChI is InChI=1S/C15H21FN4/c1-19(2)15(7-3-4-8-15)10-20-13-9-11(16)5-6-12(13)18-14(20)17/h5-6,9H,3-4,7-8,10H2,1-2H3,(H2,17,18). The second-order valence-electron chi connectivity index (χ2n) is 6.02. The highest BCUT2D eigenvalue weighted by Gasteiger charge is 2.37. The maximum Gasteiger partial charge on any atom is 0.201 e. The second-order valence-corrected chi connectivity index (χ2v) is 6.02. The first-order chi connectivity index (χ1) is 9.52. The zero-order chi connectivity index (χ0) is 14.3. The molecule has 1 saturated carbocycles. The van der Waals surface area contributed by atoms with Crippen LogP contribution in [0.15, 0.2) is 18.2 Å². The first-order valence-electron chi connectivity index (χ1n) is 7.11. The van der Waals surface area contributed by atoms with Gasteiger partial charge in [0, 0.05) is 12.1 Å². The molecule has 1 aliphatic carbocycles. The van der Waals surface area contributed by atoms with Gasteiger partial charge in [-0.2, -0.15) is 0 Å². The molecule has 0 radical (unpaired) electrons. The lowest BCUT2D eigenvalue weighted by Crippen LogP contribution is -2.45. The Morgan fingerprint density at radius 1 is 1.35 bits per heavy atom. The zero-order valence-corrected chi connectivity index (χ0v) is 12.1. The van der Waals surface area contributed by atoms with Gasteiger partial charge in [0.2, 0.25) is 5.95 Å². The summed E-state index contributed by atoms with van der Waals surface area (Å²) in [5.74, 6) is 0.225. The van der Waals surface area contributed by atoms with Crippen LogP contribution in [0.2, 0.25) is 0 Å². The van der Waals surface area contributed by atoms with Crippen molar-refractivity contribution in [3.05, 3.63) is 24.0 Å². The van der Waals surface area contributed by atoms with E-state index in [9.17, 15) is 4.39 Å². The smallest absolute Gasteiger partial charge is 0.201 e. The molecule has 1 aromatic heterocycles. The molecule has 4 nitrogen and oxygen atoms in total. The predicted molar refractivity (Wildman–Crippen MR) is 79.0 cm³/mol. The lowest BCUT2D eigenvalue weighted by molar-refractivity contribution is 0.136. The minimum absolute atomic E-state index is 0.105. The molecule has 0 bridgehead atoms. The van der Waals surface area contributed by atoms with Crippen molar-refractivity contribution in [3.8, 4) is 0 Å². The predicted octanol–water partition coefficient (Wildman–Crippen LogP) is 2.63. The van der Waals surface area contributed by atoms with Crippen molar-refractivity contribution in [2.45, 2.75) is 37.8 Å². The minimum atomic E-state index is -0.246. The molecule has 0 unspecified atom stereocenters. The molecule has 5 heteroatoms. The third kappa shape index (κ3) is 2.06. The van der Waals surface area contributed by atoms with E-state index in [1.807, 2.05) is 4.57 Å². The summed E-state index contributed by atoms with van der Waals surface area (Å²) in [7, 11) is 4.22. The number of likely N-dealkylation sites (N-methyl/N-ethyl adjacent to an activating group) is 1. The van der Waals surface area contributed by atoms with Crippen molar-refractivity contribution in [1.82, 2.24) is 14.5 Å². The molecule has 2 aromatic rings. The molecule has 1 heterocycles. The van der Waals surface area contributed by atoms with Gasteiger partial charge >= 0.3 is 0 Å². The van der Waals surface area contributed by atoms with Gasteiger partial charge in [0.15, 0.2) is 0 Å². The van der Waals surface area contributed by atoms with E-state index in [1.54, 1.807) is 6.07 Å². The number of hydrogen-bond acceptors (Lipinski definition) is 3. The largest absolute Gasteiger partial charge is 0.369 e. The average molecular weight is 276 g/mol. The van der Waals surface area contributed by atoms with Gasteiger partial charge in [0.1, 0.15) is 5.82 Å². The van der Waals surface area contributed by atoms with Crippen LogP contribution in [0.3, 0.4) is 0 Å². The molecule has 1 aliphatic rings. The molecule has 0 aliphatic heterocycles. The fourth-order valence-corrected chi connectivity index (χ4v) is 3.35. The Balaban J connectivity index is 2.05. The molecule has 108 valence electrons. The Kier molecular flexibility index (Phi) is 3.17. The summed E-state index contributed by atoms with van der Waals surface area (Å²) in [6, 6.07) is 4.64. The van der Waals surface area contributed by atoms with Crippen molar-refractivity contribution in [2.75, 3.05) is 19.8 Å². The number of anilines is 1. The number of nitrogens with two attached hydrogens (primary N) is 1. The van der Waals surface area contributed by atoms with Crippen LogP contribution in [0.25, 0.3) is 11.0 Å². The van der Waals surface area contributed by atoms with Crippen LogP contribution in [-0.2, 0) is 6.54 Å². The van der Waals surface area contributed by atoms with Crippen molar-refractivity contribution in [1.29, 1.82) is 0 Å². The maximum atomic E-state index is 13.5. The van der Waals surface area contributed by atoms with Gasteiger partial charge in [0.05, 0.1) is 11.0 Å². The van der Waals surface area contributed by atoms with E-state index in [2.05, 4.69) is 24.0 Å². The highest BCUT2D eigenvalue weighted by atomic mass is 19.1. The number of halogens is 1. The number of benzene rings is 1. The molecule has 20 heavy (non-hydrogen) atoms. The summed E-state index contributed by atoms with van der Waals surface area (Å²) < 4.78 is 15.5. The summed E-state index contributed by atoms with van der Waals surface area (Å²) in [5, 5.41) is 0. The Morgan fingerprint density at radius 3 is 2.70 bits per heavy atom. The van der Waals surface area contributed by atoms with E-state index in [-0.39, 0.29) is 11.4 Å². The van der Waals surface area contributed by atoms with Crippen molar-refractivity contribution >= 4 is 17.0 Å². The lowest BCUT2D eigenvalue weighted by atomic mass is 9.96. The highest BCUT2D eigenvalue weighted by molar-refractivity contribution is 5.78. The molecule has 2 N–H and O–H groups in total. The van der Waals surface area contributed by atoms with E-state index >= 15 is 0 Å². The molecule has 1 fully saturated rings. The Bertz CT molecular complexity index is 626. The van der Waals surface area contributed by atoms with Crippen molar-refractivity contribution < 1.29 is 4.39 Å². The van der Waals surface area contributed by atoms with E-state index in [1.165, 1.54) is 25.0 Å². The van der Waals surface area contributed by atoms with Gasteiger partial charge in [-0.05, 0) is 45.1 Å². The summed E-state index contributed by atoms with van der Waals surface area (Å²) in [4.78, 5) is 6.62.